The molecule has 0 unspecified atom stereocenters. The number of nitro groups is 1. The van der Waals surface area contributed by atoms with E-state index < -0.39 is 4.92 Å². The van der Waals surface area contributed by atoms with Gasteiger partial charge in [0.25, 0.3) is 0 Å². The Bertz CT molecular complexity index is 1160. The average Bonchev–Trinajstić information content (AvgIpc) is 2.78. The van der Waals surface area contributed by atoms with Crippen LogP contribution in [-0.4, -0.2) is 17.8 Å². The van der Waals surface area contributed by atoms with Gasteiger partial charge in [0.1, 0.15) is 12.4 Å². The maximum atomic E-state index is 12.4. The van der Waals surface area contributed by atoms with Crippen LogP contribution in [0.1, 0.15) is 21.5 Å². The standard InChI is InChI=1S/C23H17Cl2NO5/c1-30-22-11-7-15(6-10-21(27)16-8-9-18(24)19(25)13-16)12-17(22)14-31-23-5-3-2-4-20(23)26(28)29/h2-13H,14H2,1H3/b10-6+. The van der Waals surface area contributed by atoms with Gasteiger partial charge in [-0.1, -0.05) is 47.5 Å². The topological polar surface area (TPSA) is 78.7 Å². The second-order valence-electron chi connectivity index (χ2n) is 6.41. The highest BCUT2D eigenvalue weighted by molar-refractivity contribution is 6.42. The number of nitrogens with zero attached hydrogens (tertiary/aromatic N) is 1. The molecule has 0 spiro atoms. The van der Waals surface area contributed by atoms with E-state index in [2.05, 4.69) is 0 Å². The summed E-state index contributed by atoms with van der Waals surface area (Å²) in [6, 6.07) is 16.1. The van der Waals surface area contributed by atoms with E-state index in [-0.39, 0.29) is 23.8 Å². The summed E-state index contributed by atoms with van der Waals surface area (Å²) >= 11 is 11.8. The summed E-state index contributed by atoms with van der Waals surface area (Å²) in [5, 5.41) is 11.8. The van der Waals surface area contributed by atoms with Crippen LogP contribution in [0.15, 0.2) is 66.7 Å². The fourth-order valence-electron chi connectivity index (χ4n) is 2.82. The number of nitro benzene ring substituents is 1. The van der Waals surface area contributed by atoms with Gasteiger partial charge in [-0.25, -0.2) is 0 Å². The first-order valence-corrected chi connectivity index (χ1v) is 9.85. The van der Waals surface area contributed by atoms with Crippen molar-refractivity contribution in [3.63, 3.8) is 0 Å². The molecule has 31 heavy (non-hydrogen) atoms. The van der Waals surface area contributed by atoms with Gasteiger partial charge in [-0.2, -0.15) is 0 Å². The number of methoxy groups -OCH3 is 1. The molecule has 0 saturated carbocycles. The summed E-state index contributed by atoms with van der Waals surface area (Å²) in [5.41, 5.74) is 1.70. The molecule has 0 saturated heterocycles. The first-order valence-electron chi connectivity index (χ1n) is 9.09. The number of ether oxygens (including phenoxy) is 2. The third-order valence-electron chi connectivity index (χ3n) is 4.38. The van der Waals surface area contributed by atoms with Gasteiger partial charge < -0.3 is 9.47 Å². The molecule has 0 bridgehead atoms. The molecule has 8 heteroatoms. The molecule has 3 aromatic rings. The first-order chi connectivity index (χ1) is 14.9. The smallest absolute Gasteiger partial charge is 0.310 e. The zero-order valence-corrected chi connectivity index (χ0v) is 17.9. The van der Waals surface area contributed by atoms with Crippen LogP contribution in [0.3, 0.4) is 0 Å². The summed E-state index contributed by atoms with van der Waals surface area (Å²) in [5.74, 6) is 0.490. The van der Waals surface area contributed by atoms with E-state index in [0.29, 0.717) is 26.9 Å². The molecule has 0 heterocycles. The first kappa shape index (κ1) is 22.3. The van der Waals surface area contributed by atoms with Crippen LogP contribution >= 0.6 is 23.2 Å². The lowest BCUT2D eigenvalue weighted by atomic mass is 10.1. The predicted molar refractivity (Wildman–Crippen MR) is 120 cm³/mol. The van der Waals surface area contributed by atoms with Crippen molar-refractivity contribution in [2.45, 2.75) is 6.61 Å². The molecule has 6 nitrogen and oxygen atoms in total. The Kier molecular flexibility index (Phi) is 7.28. The van der Waals surface area contributed by atoms with Gasteiger partial charge >= 0.3 is 5.69 Å². The Balaban J connectivity index is 1.79. The highest BCUT2D eigenvalue weighted by Gasteiger charge is 2.15. The number of ketones is 1. The van der Waals surface area contributed by atoms with Crippen molar-refractivity contribution in [2.24, 2.45) is 0 Å². The second-order valence-corrected chi connectivity index (χ2v) is 7.23. The number of rotatable bonds is 8. The zero-order valence-electron chi connectivity index (χ0n) is 16.4. The van der Waals surface area contributed by atoms with E-state index in [0.717, 1.165) is 5.56 Å². The summed E-state index contributed by atoms with van der Waals surface area (Å²) in [6.07, 6.45) is 3.08. The molecule has 0 aromatic heterocycles. The molecule has 0 atom stereocenters. The van der Waals surface area contributed by atoms with E-state index >= 15 is 0 Å². The van der Waals surface area contributed by atoms with E-state index in [1.54, 1.807) is 48.5 Å². The van der Waals surface area contributed by atoms with Crippen molar-refractivity contribution in [3.05, 3.63) is 104 Å². The van der Waals surface area contributed by atoms with Crippen molar-refractivity contribution in [1.82, 2.24) is 0 Å². The Morgan fingerprint density at radius 1 is 1.03 bits per heavy atom. The van der Waals surface area contributed by atoms with Gasteiger partial charge in [-0.3, -0.25) is 14.9 Å². The van der Waals surface area contributed by atoms with Gasteiger partial charge in [-0.15, -0.1) is 0 Å². The maximum absolute atomic E-state index is 12.4. The second kappa shape index (κ2) is 10.1. The zero-order chi connectivity index (χ0) is 22.4. The number of hydrogen-bond acceptors (Lipinski definition) is 5. The molecule has 0 aliphatic carbocycles. The lowest BCUT2D eigenvalue weighted by molar-refractivity contribution is -0.385. The van der Waals surface area contributed by atoms with Gasteiger partial charge in [0.2, 0.25) is 0 Å². The van der Waals surface area contributed by atoms with Gasteiger partial charge in [0.05, 0.1) is 22.1 Å². The molecule has 0 amide bonds. The largest absolute Gasteiger partial charge is 0.496 e. The average molecular weight is 458 g/mol. The minimum absolute atomic E-state index is 0.0520. The van der Waals surface area contributed by atoms with E-state index in [1.807, 2.05) is 0 Å². The van der Waals surface area contributed by atoms with Crippen LogP contribution < -0.4 is 9.47 Å². The third kappa shape index (κ3) is 5.63. The van der Waals surface area contributed by atoms with Crippen molar-refractivity contribution in [2.75, 3.05) is 7.11 Å². The number of halogens is 2. The lowest BCUT2D eigenvalue weighted by Gasteiger charge is -2.11. The maximum Gasteiger partial charge on any atom is 0.310 e. The fourth-order valence-corrected chi connectivity index (χ4v) is 3.12. The number of benzene rings is 3. The summed E-state index contributed by atoms with van der Waals surface area (Å²) in [6.45, 7) is 0.0520. The Morgan fingerprint density at radius 2 is 1.81 bits per heavy atom. The lowest BCUT2D eigenvalue weighted by Crippen LogP contribution is -2.01. The molecule has 3 aromatic carbocycles. The number of hydrogen-bond donors (Lipinski definition) is 0. The Labute approximate surface area is 188 Å². The molecule has 0 aliphatic heterocycles. The predicted octanol–water partition coefficient (Wildman–Crippen LogP) is 6.39. The molecule has 158 valence electrons. The number of carbonyl (C=O) groups is 1. The molecule has 0 aliphatic rings. The summed E-state index contributed by atoms with van der Waals surface area (Å²) < 4.78 is 11.0. The van der Waals surface area contributed by atoms with Crippen LogP contribution in [-0.2, 0) is 6.61 Å². The number of para-hydroxylation sites is 2. The van der Waals surface area contributed by atoms with Crippen LogP contribution in [0.5, 0.6) is 11.5 Å². The normalized spacial score (nSPS) is 10.8. The third-order valence-corrected chi connectivity index (χ3v) is 5.12. The van der Waals surface area contributed by atoms with Crippen molar-refractivity contribution < 1.29 is 19.2 Å². The van der Waals surface area contributed by atoms with Crippen LogP contribution in [0.4, 0.5) is 5.69 Å². The molecule has 0 N–H and O–H groups in total. The minimum atomic E-state index is -0.500. The number of carbonyl (C=O) groups excluding carboxylic acids is 1. The van der Waals surface area contributed by atoms with Crippen LogP contribution in [0.2, 0.25) is 10.0 Å². The van der Waals surface area contributed by atoms with Gasteiger partial charge in [-0.05, 0) is 48.0 Å². The van der Waals surface area contributed by atoms with E-state index in [4.69, 9.17) is 32.7 Å². The van der Waals surface area contributed by atoms with E-state index in [9.17, 15) is 14.9 Å². The van der Waals surface area contributed by atoms with Crippen molar-refractivity contribution in [1.29, 1.82) is 0 Å². The number of allylic oxidation sites excluding steroid dienone is 1. The molecule has 0 radical (unpaired) electrons. The SMILES string of the molecule is COc1ccc(/C=C/C(=O)c2ccc(Cl)c(Cl)c2)cc1COc1ccccc1[N+](=O)[O-]. The quantitative estimate of drug-likeness (QED) is 0.169. The minimum Gasteiger partial charge on any atom is -0.496 e. The van der Waals surface area contributed by atoms with Gasteiger partial charge in [0, 0.05) is 17.2 Å². The highest BCUT2D eigenvalue weighted by Crippen LogP contribution is 2.29. The fraction of sp³-hybridized carbons (Fsp3) is 0.0870. The molecular formula is C23H17Cl2NO5. The monoisotopic (exact) mass is 457 g/mol. The van der Waals surface area contributed by atoms with Gasteiger partial charge in [0.15, 0.2) is 11.5 Å². The van der Waals surface area contributed by atoms with Crippen molar-refractivity contribution >= 4 is 40.7 Å². The van der Waals surface area contributed by atoms with Crippen LogP contribution in [0.25, 0.3) is 6.08 Å². The summed E-state index contributed by atoms with van der Waals surface area (Å²) in [7, 11) is 1.52. The molecular weight excluding hydrogens is 441 g/mol. The highest BCUT2D eigenvalue weighted by atomic mass is 35.5. The molecule has 0 fully saturated rings. The Hall–Kier alpha value is -3.35. The van der Waals surface area contributed by atoms with Crippen molar-refractivity contribution in [3.8, 4) is 11.5 Å². The Morgan fingerprint density at radius 3 is 2.52 bits per heavy atom. The van der Waals surface area contributed by atoms with E-state index in [1.165, 1.54) is 31.4 Å². The summed E-state index contributed by atoms with van der Waals surface area (Å²) in [4.78, 5) is 23.1. The van der Waals surface area contributed by atoms with Crippen LogP contribution in [0, 0.1) is 10.1 Å². The molecule has 3 rings (SSSR count).